The Morgan fingerprint density at radius 1 is 1.24 bits per heavy atom. The largest absolute Gasteiger partial charge is 0.504 e. The number of rotatable bonds is 1. The van der Waals surface area contributed by atoms with Gasteiger partial charge in [0.15, 0.2) is 11.5 Å². The Balaban J connectivity index is 1.93. The smallest absolute Gasteiger partial charge is 0.160 e. The van der Waals surface area contributed by atoms with Crippen molar-refractivity contribution in [1.29, 1.82) is 0 Å². The summed E-state index contributed by atoms with van der Waals surface area (Å²) in [5.41, 5.74) is 1.95. The van der Waals surface area contributed by atoms with Gasteiger partial charge < -0.3 is 19.7 Å². The van der Waals surface area contributed by atoms with E-state index in [0.717, 1.165) is 22.4 Å². The zero-order valence-electron chi connectivity index (χ0n) is 11.7. The van der Waals surface area contributed by atoms with Crippen molar-refractivity contribution in [2.24, 2.45) is 0 Å². The molecule has 0 spiro atoms. The summed E-state index contributed by atoms with van der Waals surface area (Å²) in [5.74, 6) is 1.17. The molecule has 0 unspecified atom stereocenters. The van der Waals surface area contributed by atoms with Crippen LogP contribution in [0.2, 0.25) is 0 Å². The van der Waals surface area contributed by atoms with Gasteiger partial charge >= 0.3 is 0 Å². The molecule has 0 aromatic heterocycles. The predicted molar refractivity (Wildman–Crippen MR) is 77.1 cm³/mol. The Hall–Kier alpha value is -2.20. The maximum atomic E-state index is 11.0. The number of hydrogen-bond donors (Lipinski definition) is 2. The molecule has 0 saturated heterocycles. The van der Waals surface area contributed by atoms with Crippen LogP contribution in [0.15, 0.2) is 36.4 Å². The molecule has 1 aliphatic carbocycles. The van der Waals surface area contributed by atoms with Crippen LogP contribution in [-0.2, 0) is 6.42 Å². The van der Waals surface area contributed by atoms with Crippen molar-refractivity contribution in [3.05, 3.63) is 53.1 Å². The quantitative estimate of drug-likeness (QED) is 0.843. The first-order chi connectivity index (χ1) is 10.1. The van der Waals surface area contributed by atoms with Crippen molar-refractivity contribution in [2.45, 2.75) is 17.9 Å². The summed E-state index contributed by atoms with van der Waals surface area (Å²) in [4.78, 5) is 0. The van der Waals surface area contributed by atoms with Gasteiger partial charge in [0.05, 0.1) is 7.11 Å². The number of aromatic hydroxyl groups is 1. The minimum atomic E-state index is -0.963. The van der Waals surface area contributed by atoms with E-state index in [1.165, 1.54) is 7.11 Å². The highest BCUT2D eigenvalue weighted by atomic mass is 16.5. The molecule has 0 amide bonds. The van der Waals surface area contributed by atoms with E-state index in [4.69, 9.17) is 9.47 Å². The Morgan fingerprint density at radius 3 is 2.86 bits per heavy atom. The van der Waals surface area contributed by atoms with Crippen LogP contribution in [0.1, 0.15) is 22.6 Å². The molecular weight excluding hydrogens is 268 g/mol. The molecule has 108 valence electrons. The van der Waals surface area contributed by atoms with Crippen LogP contribution < -0.4 is 9.47 Å². The van der Waals surface area contributed by atoms with Gasteiger partial charge in [-0.15, -0.1) is 0 Å². The molecule has 1 heterocycles. The van der Waals surface area contributed by atoms with Gasteiger partial charge in [-0.05, 0) is 29.3 Å². The minimum Gasteiger partial charge on any atom is -0.504 e. The Bertz CT molecular complexity index is 725. The van der Waals surface area contributed by atoms with Gasteiger partial charge in [-0.2, -0.15) is 0 Å². The molecule has 4 nitrogen and oxygen atoms in total. The maximum Gasteiger partial charge on any atom is 0.160 e. The lowest BCUT2D eigenvalue weighted by atomic mass is 9.80. The van der Waals surface area contributed by atoms with Crippen molar-refractivity contribution in [2.75, 3.05) is 13.7 Å². The lowest BCUT2D eigenvalue weighted by Crippen LogP contribution is -2.43. The third-order valence-electron chi connectivity index (χ3n) is 4.49. The Kier molecular flexibility index (Phi) is 2.48. The fourth-order valence-corrected chi connectivity index (χ4v) is 3.58. The Labute approximate surface area is 122 Å². The topological polar surface area (TPSA) is 58.9 Å². The molecule has 0 bridgehead atoms. The van der Waals surface area contributed by atoms with E-state index in [0.29, 0.717) is 12.2 Å². The first-order valence-electron chi connectivity index (χ1n) is 6.96. The van der Waals surface area contributed by atoms with Crippen LogP contribution in [0, 0.1) is 0 Å². The van der Waals surface area contributed by atoms with Crippen LogP contribution >= 0.6 is 0 Å². The summed E-state index contributed by atoms with van der Waals surface area (Å²) in [6.07, 6.45) is 0.498. The van der Waals surface area contributed by atoms with Crippen molar-refractivity contribution in [1.82, 2.24) is 0 Å². The van der Waals surface area contributed by atoms with Crippen molar-refractivity contribution in [3.63, 3.8) is 0 Å². The number of phenolic OH excluding ortho intramolecular Hbond substituents is 1. The van der Waals surface area contributed by atoms with Gasteiger partial charge in [0, 0.05) is 17.9 Å². The summed E-state index contributed by atoms with van der Waals surface area (Å²) in [6.45, 7) is 0.256. The van der Waals surface area contributed by atoms with Crippen molar-refractivity contribution < 1.29 is 19.7 Å². The van der Waals surface area contributed by atoms with E-state index in [1.54, 1.807) is 6.07 Å². The number of fused-ring (bicyclic) bond motifs is 5. The molecule has 21 heavy (non-hydrogen) atoms. The monoisotopic (exact) mass is 284 g/mol. The molecule has 4 heteroatoms. The second-order valence-corrected chi connectivity index (χ2v) is 5.76. The van der Waals surface area contributed by atoms with Gasteiger partial charge in [0.1, 0.15) is 18.0 Å². The lowest BCUT2D eigenvalue weighted by molar-refractivity contribution is -0.0217. The number of phenols is 1. The van der Waals surface area contributed by atoms with Crippen molar-refractivity contribution >= 4 is 0 Å². The number of aliphatic hydroxyl groups is 1. The SMILES string of the molecule is COc1cc2c(cc1O)[C@@H]1c3ccccc3OC[C@]1(O)C2. The number of hydrogen-bond acceptors (Lipinski definition) is 4. The molecule has 0 saturated carbocycles. The molecular formula is C17H16O4. The van der Waals surface area contributed by atoms with Gasteiger partial charge in [0.2, 0.25) is 0 Å². The minimum absolute atomic E-state index is 0.101. The molecule has 2 N–H and O–H groups in total. The summed E-state index contributed by atoms with van der Waals surface area (Å²) in [6, 6.07) is 11.3. The molecule has 0 fully saturated rings. The normalized spacial score (nSPS) is 25.5. The van der Waals surface area contributed by atoms with E-state index in [1.807, 2.05) is 30.3 Å². The van der Waals surface area contributed by atoms with Crippen LogP contribution in [0.3, 0.4) is 0 Å². The highest BCUT2D eigenvalue weighted by Gasteiger charge is 2.50. The average Bonchev–Trinajstić information content (AvgIpc) is 2.78. The van der Waals surface area contributed by atoms with E-state index in [2.05, 4.69) is 0 Å². The zero-order chi connectivity index (χ0) is 14.6. The fraction of sp³-hybridized carbons (Fsp3) is 0.294. The molecule has 2 aromatic carbocycles. The van der Waals surface area contributed by atoms with E-state index in [9.17, 15) is 10.2 Å². The predicted octanol–water partition coefficient (Wildman–Crippen LogP) is 2.21. The summed E-state index contributed by atoms with van der Waals surface area (Å²) in [5, 5.41) is 21.0. The number of para-hydroxylation sites is 1. The number of ether oxygens (including phenoxy) is 2. The Morgan fingerprint density at radius 2 is 2.05 bits per heavy atom. The molecule has 4 rings (SSSR count). The zero-order valence-corrected chi connectivity index (χ0v) is 11.7. The third-order valence-corrected chi connectivity index (χ3v) is 4.49. The van der Waals surface area contributed by atoms with Crippen LogP contribution in [0.5, 0.6) is 17.2 Å². The molecule has 0 radical (unpaired) electrons. The van der Waals surface area contributed by atoms with E-state index < -0.39 is 5.60 Å². The van der Waals surface area contributed by atoms with Crippen LogP contribution in [0.4, 0.5) is 0 Å². The standard InChI is InChI=1S/C17H16O4/c1-20-15-6-10-8-17(19)9-21-14-5-3-2-4-11(14)16(17)12(10)7-13(15)18/h2-7,16,18-19H,8-9H2,1H3/t16-,17+/m0/s1. The van der Waals surface area contributed by atoms with Gasteiger partial charge in [0.25, 0.3) is 0 Å². The molecule has 1 aliphatic heterocycles. The molecule has 2 atom stereocenters. The fourth-order valence-electron chi connectivity index (χ4n) is 3.58. The van der Waals surface area contributed by atoms with Crippen LogP contribution in [0.25, 0.3) is 0 Å². The lowest BCUT2D eigenvalue weighted by Gasteiger charge is -2.36. The van der Waals surface area contributed by atoms with Crippen molar-refractivity contribution in [3.8, 4) is 17.2 Å². The van der Waals surface area contributed by atoms with E-state index in [-0.39, 0.29) is 18.3 Å². The summed E-state index contributed by atoms with van der Waals surface area (Å²) < 4.78 is 10.9. The average molecular weight is 284 g/mol. The van der Waals surface area contributed by atoms with Crippen LogP contribution in [-0.4, -0.2) is 29.5 Å². The molecule has 2 aliphatic rings. The highest BCUT2D eigenvalue weighted by Crippen LogP contribution is 2.52. The first-order valence-corrected chi connectivity index (χ1v) is 6.96. The highest BCUT2D eigenvalue weighted by molar-refractivity contribution is 5.58. The van der Waals surface area contributed by atoms with Gasteiger partial charge in [-0.3, -0.25) is 0 Å². The second-order valence-electron chi connectivity index (χ2n) is 5.76. The summed E-state index contributed by atoms with van der Waals surface area (Å²) in [7, 11) is 1.52. The summed E-state index contributed by atoms with van der Waals surface area (Å²) >= 11 is 0. The second kappa shape index (κ2) is 4.15. The third kappa shape index (κ3) is 1.66. The molecule has 2 aromatic rings. The van der Waals surface area contributed by atoms with Gasteiger partial charge in [-0.25, -0.2) is 0 Å². The number of benzene rings is 2. The van der Waals surface area contributed by atoms with Gasteiger partial charge in [-0.1, -0.05) is 18.2 Å². The first kappa shape index (κ1) is 12.5. The van der Waals surface area contributed by atoms with E-state index >= 15 is 0 Å². The maximum absolute atomic E-state index is 11.0. The number of methoxy groups -OCH3 is 1.